The van der Waals surface area contributed by atoms with Crippen LogP contribution in [-0.4, -0.2) is 62.8 Å². The Kier molecular flexibility index (Phi) is 6.86. The molecule has 1 amide bonds. The van der Waals surface area contributed by atoms with E-state index >= 15 is 0 Å². The Bertz CT molecular complexity index is 1320. The number of benzene rings is 2. The molecule has 0 saturated carbocycles. The number of likely N-dealkylation sites (tertiary alicyclic amines) is 1. The molecule has 0 spiro atoms. The number of aromatic nitrogens is 4. The second-order valence-corrected chi connectivity index (χ2v) is 9.52. The molecule has 0 aliphatic carbocycles. The van der Waals surface area contributed by atoms with Crippen molar-refractivity contribution in [3.63, 3.8) is 0 Å². The Labute approximate surface area is 211 Å². The number of hydrogen-bond acceptors (Lipinski definition) is 5. The molecule has 186 valence electrons. The minimum absolute atomic E-state index is 0.0157. The summed E-state index contributed by atoms with van der Waals surface area (Å²) >= 11 is 0. The molecule has 8 heteroatoms. The van der Waals surface area contributed by atoms with E-state index in [4.69, 9.17) is 4.74 Å². The molecule has 8 nitrogen and oxygen atoms in total. The molecule has 1 aliphatic rings. The van der Waals surface area contributed by atoms with Crippen molar-refractivity contribution in [2.24, 2.45) is 0 Å². The van der Waals surface area contributed by atoms with Gasteiger partial charge in [0.15, 0.2) is 0 Å². The Balaban J connectivity index is 1.26. The second kappa shape index (κ2) is 10.4. The molecule has 3 heterocycles. The molecule has 36 heavy (non-hydrogen) atoms. The Morgan fingerprint density at radius 1 is 1.03 bits per heavy atom. The van der Waals surface area contributed by atoms with E-state index in [1.54, 1.807) is 0 Å². The highest BCUT2D eigenvalue weighted by Crippen LogP contribution is 2.33. The van der Waals surface area contributed by atoms with Crippen LogP contribution in [0.5, 0.6) is 11.5 Å². The molecule has 1 saturated heterocycles. The van der Waals surface area contributed by atoms with Crippen LogP contribution in [0.15, 0.2) is 60.9 Å². The number of carbonyl (C=O) groups excluding carboxylic acids is 1. The van der Waals surface area contributed by atoms with Gasteiger partial charge in [-0.1, -0.05) is 12.1 Å². The summed E-state index contributed by atoms with van der Waals surface area (Å²) in [5.41, 5.74) is 3.94. The first-order valence-electron chi connectivity index (χ1n) is 12.4. The van der Waals surface area contributed by atoms with Crippen molar-refractivity contribution in [3.05, 3.63) is 72.6 Å². The number of rotatable bonds is 8. The van der Waals surface area contributed by atoms with Crippen molar-refractivity contribution in [1.29, 1.82) is 0 Å². The summed E-state index contributed by atoms with van der Waals surface area (Å²) in [5.74, 6) is 3.44. The average molecular weight is 485 g/mol. The number of aryl methyl sites for hydroxylation is 1. The van der Waals surface area contributed by atoms with Crippen LogP contribution in [0.2, 0.25) is 0 Å². The molecule has 2 aromatic carbocycles. The van der Waals surface area contributed by atoms with Gasteiger partial charge in [0.1, 0.15) is 23.1 Å². The molecular formula is C28H32N6O2. The molecule has 0 bridgehead atoms. The molecule has 1 atom stereocenters. The van der Waals surface area contributed by atoms with Gasteiger partial charge in [-0.3, -0.25) is 4.79 Å². The summed E-state index contributed by atoms with van der Waals surface area (Å²) in [6.07, 6.45) is 6.14. The lowest BCUT2D eigenvalue weighted by atomic mass is 10.1. The van der Waals surface area contributed by atoms with Gasteiger partial charge >= 0.3 is 0 Å². The number of imidazole rings is 2. The first kappa shape index (κ1) is 23.8. The van der Waals surface area contributed by atoms with Crippen LogP contribution in [0.1, 0.15) is 37.0 Å². The topological polar surface area (TPSA) is 90.1 Å². The van der Waals surface area contributed by atoms with E-state index in [0.29, 0.717) is 6.42 Å². The quantitative estimate of drug-likeness (QED) is 0.360. The van der Waals surface area contributed by atoms with Crippen LogP contribution >= 0.6 is 0 Å². The summed E-state index contributed by atoms with van der Waals surface area (Å²) < 4.78 is 6.10. The highest BCUT2D eigenvalue weighted by atomic mass is 16.5. The fourth-order valence-electron chi connectivity index (χ4n) is 4.60. The fraction of sp³-hybridized carbons (Fsp3) is 0.321. The molecule has 5 rings (SSSR count). The number of amides is 1. The van der Waals surface area contributed by atoms with Crippen molar-refractivity contribution in [2.45, 2.75) is 32.2 Å². The number of H-pyrrole nitrogens is 2. The van der Waals surface area contributed by atoms with Crippen molar-refractivity contribution in [2.75, 3.05) is 27.2 Å². The molecule has 1 aliphatic heterocycles. The van der Waals surface area contributed by atoms with Gasteiger partial charge in [-0.15, -0.1) is 0 Å². The summed E-state index contributed by atoms with van der Waals surface area (Å²) in [4.78, 5) is 32.4. The van der Waals surface area contributed by atoms with Crippen molar-refractivity contribution >= 4 is 5.91 Å². The lowest BCUT2D eigenvalue weighted by Crippen LogP contribution is -2.33. The Morgan fingerprint density at radius 2 is 1.81 bits per heavy atom. The highest BCUT2D eigenvalue weighted by molar-refractivity contribution is 5.77. The molecule has 0 radical (unpaired) electrons. The fourth-order valence-corrected chi connectivity index (χ4v) is 4.60. The maximum absolute atomic E-state index is 12.7. The zero-order valence-corrected chi connectivity index (χ0v) is 21.0. The first-order valence-corrected chi connectivity index (χ1v) is 12.4. The lowest BCUT2D eigenvalue weighted by Gasteiger charge is -2.24. The maximum Gasteiger partial charge on any atom is 0.224 e. The number of nitrogens with one attached hydrogen (secondary N) is 2. The molecule has 2 N–H and O–H groups in total. The van der Waals surface area contributed by atoms with Crippen LogP contribution in [0.4, 0.5) is 0 Å². The van der Waals surface area contributed by atoms with Gasteiger partial charge in [0.2, 0.25) is 5.91 Å². The maximum atomic E-state index is 12.7. The third kappa shape index (κ3) is 5.33. The Morgan fingerprint density at radius 3 is 2.56 bits per heavy atom. The average Bonchev–Trinajstić information content (AvgIpc) is 3.64. The van der Waals surface area contributed by atoms with Crippen molar-refractivity contribution in [1.82, 2.24) is 29.7 Å². The standard InChI is InChI=1S/C28H32N6O2/c1-19-29-17-25(31-19)21-6-4-7-23(16-21)36-22-11-9-20(10-12-22)24-18-30-28(32-24)26-8-5-14-34(26)27(35)13-15-33(2)3/h4,6-7,9-12,16-18,26H,5,8,13-15H2,1-3H3,(H,29,31)(H,30,32). The van der Waals surface area contributed by atoms with Crippen LogP contribution < -0.4 is 4.74 Å². The normalized spacial score (nSPS) is 15.6. The van der Waals surface area contributed by atoms with Gasteiger partial charge in [-0.05, 0) is 75.8 Å². The van der Waals surface area contributed by atoms with Gasteiger partial charge < -0.3 is 24.5 Å². The van der Waals surface area contributed by atoms with Gasteiger partial charge in [0.05, 0.1) is 29.8 Å². The zero-order valence-electron chi connectivity index (χ0n) is 21.0. The SMILES string of the molecule is Cc1ncc(-c2cccc(Oc3ccc(-c4cnc(C5CCCN5C(=O)CCN(C)C)[nH]4)cc3)c2)[nH]1. The summed E-state index contributed by atoms with van der Waals surface area (Å²) in [6, 6.07) is 15.9. The van der Waals surface area contributed by atoms with Crippen molar-refractivity contribution in [3.8, 4) is 34.0 Å². The van der Waals surface area contributed by atoms with Crippen molar-refractivity contribution < 1.29 is 9.53 Å². The predicted octanol–water partition coefficient (Wildman–Crippen LogP) is 5.18. The number of carbonyl (C=O) groups is 1. The highest BCUT2D eigenvalue weighted by Gasteiger charge is 2.31. The van der Waals surface area contributed by atoms with E-state index < -0.39 is 0 Å². The van der Waals surface area contributed by atoms with E-state index in [9.17, 15) is 4.79 Å². The molecule has 1 fully saturated rings. The molecule has 1 unspecified atom stereocenters. The van der Waals surface area contributed by atoms with Crippen LogP contribution in [0.25, 0.3) is 22.5 Å². The van der Waals surface area contributed by atoms with E-state index in [1.165, 1.54) is 0 Å². The third-order valence-electron chi connectivity index (χ3n) is 6.51. The smallest absolute Gasteiger partial charge is 0.224 e. The number of ether oxygens (including phenoxy) is 1. The van der Waals surface area contributed by atoms with E-state index in [-0.39, 0.29) is 11.9 Å². The Hall–Kier alpha value is -3.91. The van der Waals surface area contributed by atoms with Gasteiger partial charge in [0.25, 0.3) is 0 Å². The first-order chi connectivity index (χ1) is 17.5. The number of aromatic amines is 2. The largest absolute Gasteiger partial charge is 0.457 e. The predicted molar refractivity (Wildman–Crippen MR) is 140 cm³/mol. The van der Waals surface area contributed by atoms with E-state index in [0.717, 1.165) is 71.6 Å². The monoisotopic (exact) mass is 484 g/mol. The number of hydrogen-bond donors (Lipinski definition) is 2. The summed E-state index contributed by atoms with van der Waals surface area (Å²) in [6.45, 7) is 3.48. The molecular weight excluding hydrogens is 452 g/mol. The molecule has 2 aromatic heterocycles. The van der Waals surface area contributed by atoms with E-state index in [2.05, 4.69) is 19.9 Å². The minimum Gasteiger partial charge on any atom is -0.457 e. The zero-order chi connectivity index (χ0) is 25.1. The lowest BCUT2D eigenvalue weighted by molar-refractivity contribution is -0.132. The van der Waals surface area contributed by atoms with E-state index in [1.807, 2.05) is 91.7 Å². The van der Waals surface area contributed by atoms with Gasteiger partial charge in [-0.25, -0.2) is 9.97 Å². The summed E-state index contributed by atoms with van der Waals surface area (Å²) in [5, 5.41) is 0. The van der Waals surface area contributed by atoms with Gasteiger partial charge in [0, 0.05) is 25.1 Å². The minimum atomic E-state index is 0.0157. The summed E-state index contributed by atoms with van der Waals surface area (Å²) in [7, 11) is 3.98. The van der Waals surface area contributed by atoms with Crippen LogP contribution in [0.3, 0.4) is 0 Å². The third-order valence-corrected chi connectivity index (χ3v) is 6.51. The second-order valence-electron chi connectivity index (χ2n) is 9.52. The van der Waals surface area contributed by atoms with Crippen LogP contribution in [-0.2, 0) is 4.79 Å². The number of nitrogens with zero attached hydrogens (tertiary/aromatic N) is 4. The molecule has 4 aromatic rings. The van der Waals surface area contributed by atoms with Gasteiger partial charge in [-0.2, -0.15) is 0 Å². The van der Waals surface area contributed by atoms with Crippen LogP contribution in [0, 0.1) is 6.92 Å².